The number of benzene rings is 1. The van der Waals surface area contributed by atoms with Crippen LogP contribution in [0, 0.1) is 6.92 Å². The van der Waals surface area contributed by atoms with Gasteiger partial charge in [0.05, 0.1) is 5.60 Å². The minimum atomic E-state index is -0.728. The molecule has 1 aliphatic carbocycles. The van der Waals surface area contributed by atoms with E-state index >= 15 is 0 Å². The third-order valence-electron chi connectivity index (χ3n) is 3.80. The van der Waals surface area contributed by atoms with Crippen molar-refractivity contribution in [3.63, 3.8) is 0 Å². The lowest BCUT2D eigenvalue weighted by atomic mass is 9.85. The molecule has 0 bridgehead atoms. The van der Waals surface area contributed by atoms with Crippen molar-refractivity contribution in [3.05, 3.63) is 34.3 Å². The number of nitrogens with one attached hydrogen (secondary N) is 1. The molecule has 0 radical (unpaired) electrons. The van der Waals surface area contributed by atoms with Gasteiger partial charge in [0, 0.05) is 17.1 Å². The molecule has 0 atom stereocenters. The first kappa shape index (κ1) is 14.4. The minimum Gasteiger partial charge on any atom is -0.388 e. The molecular weight excluding hydrogens is 262 g/mol. The Morgan fingerprint density at radius 2 is 2.05 bits per heavy atom. The second-order valence-electron chi connectivity index (χ2n) is 5.43. The summed E-state index contributed by atoms with van der Waals surface area (Å²) in [5.41, 5.74) is 0.735. The molecule has 1 aromatic rings. The summed E-state index contributed by atoms with van der Waals surface area (Å²) >= 11 is 5.87. The first-order valence-corrected chi connectivity index (χ1v) is 7.15. The molecule has 1 saturated carbocycles. The summed E-state index contributed by atoms with van der Waals surface area (Å²) in [7, 11) is 0. The molecule has 1 amide bonds. The van der Waals surface area contributed by atoms with E-state index in [4.69, 9.17) is 11.6 Å². The third kappa shape index (κ3) is 3.71. The molecule has 104 valence electrons. The van der Waals surface area contributed by atoms with Gasteiger partial charge < -0.3 is 10.4 Å². The second kappa shape index (κ2) is 5.93. The van der Waals surface area contributed by atoms with Gasteiger partial charge in [-0.2, -0.15) is 0 Å². The fourth-order valence-electron chi connectivity index (χ4n) is 2.61. The highest BCUT2D eigenvalue weighted by atomic mass is 35.5. The Morgan fingerprint density at radius 3 is 2.68 bits per heavy atom. The Bertz CT molecular complexity index is 467. The summed E-state index contributed by atoms with van der Waals surface area (Å²) in [4.78, 5) is 12.1. The van der Waals surface area contributed by atoms with Gasteiger partial charge in [0.15, 0.2) is 0 Å². The molecule has 0 saturated heterocycles. The van der Waals surface area contributed by atoms with Crippen molar-refractivity contribution in [1.82, 2.24) is 5.32 Å². The maximum atomic E-state index is 12.1. The van der Waals surface area contributed by atoms with Crippen LogP contribution in [-0.2, 0) is 0 Å². The van der Waals surface area contributed by atoms with Crippen molar-refractivity contribution < 1.29 is 9.90 Å². The Labute approximate surface area is 119 Å². The lowest BCUT2D eigenvalue weighted by molar-refractivity contribution is 0.00525. The molecule has 4 heteroatoms. The normalized spacial score (nSPS) is 18.1. The summed E-state index contributed by atoms with van der Waals surface area (Å²) in [5, 5.41) is 13.8. The van der Waals surface area contributed by atoms with E-state index in [0.717, 1.165) is 31.2 Å². The Hall–Kier alpha value is -1.06. The third-order valence-corrected chi connectivity index (χ3v) is 4.03. The molecule has 2 N–H and O–H groups in total. The summed E-state index contributed by atoms with van der Waals surface area (Å²) in [6.07, 6.45) is 4.78. The van der Waals surface area contributed by atoms with E-state index in [2.05, 4.69) is 5.32 Å². The minimum absolute atomic E-state index is 0.145. The summed E-state index contributed by atoms with van der Waals surface area (Å²) in [6, 6.07) is 5.20. The predicted octanol–water partition coefficient (Wildman–Crippen LogP) is 3.07. The maximum absolute atomic E-state index is 12.1. The first-order valence-electron chi connectivity index (χ1n) is 6.77. The van der Waals surface area contributed by atoms with E-state index in [-0.39, 0.29) is 5.91 Å². The first-order chi connectivity index (χ1) is 9.00. The molecule has 0 aromatic heterocycles. The molecule has 0 spiro atoms. The summed E-state index contributed by atoms with van der Waals surface area (Å²) in [5.74, 6) is -0.145. The average molecular weight is 282 g/mol. The van der Waals surface area contributed by atoms with E-state index in [1.807, 2.05) is 6.92 Å². The molecule has 1 fully saturated rings. The number of hydrogen-bond acceptors (Lipinski definition) is 2. The van der Waals surface area contributed by atoms with Gasteiger partial charge in [0.2, 0.25) is 0 Å². The van der Waals surface area contributed by atoms with Gasteiger partial charge in [0.25, 0.3) is 5.91 Å². The lowest BCUT2D eigenvalue weighted by Crippen LogP contribution is -2.44. The Morgan fingerprint density at radius 1 is 1.37 bits per heavy atom. The van der Waals surface area contributed by atoms with Crippen LogP contribution < -0.4 is 5.32 Å². The number of rotatable bonds is 3. The van der Waals surface area contributed by atoms with E-state index in [1.165, 1.54) is 6.42 Å². The van der Waals surface area contributed by atoms with E-state index < -0.39 is 5.60 Å². The zero-order valence-corrected chi connectivity index (χ0v) is 12.0. The van der Waals surface area contributed by atoms with Crippen LogP contribution in [0.25, 0.3) is 0 Å². The van der Waals surface area contributed by atoms with Gasteiger partial charge in [-0.3, -0.25) is 4.79 Å². The molecule has 0 unspecified atom stereocenters. The zero-order chi connectivity index (χ0) is 13.9. The van der Waals surface area contributed by atoms with Gasteiger partial charge in [-0.05, 0) is 43.5 Å². The highest BCUT2D eigenvalue weighted by Crippen LogP contribution is 2.27. The van der Waals surface area contributed by atoms with Crippen LogP contribution in [-0.4, -0.2) is 23.2 Å². The molecule has 2 rings (SSSR count). The fraction of sp³-hybridized carbons (Fsp3) is 0.533. The van der Waals surface area contributed by atoms with Crippen LogP contribution >= 0.6 is 11.6 Å². The molecule has 1 aliphatic rings. The predicted molar refractivity (Wildman–Crippen MR) is 76.6 cm³/mol. The maximum Gasteiger partial charge on any atom is 0.251 e. The monoisotopic (exact) mass is 281 g/mol. The second-order valence-corrected chi connectivity index (χ2v) is 5.86. The van der Waals surface area contributed by atoms with Crippen LogP contribution in [0.2, 0.25) is 5.02 Å². The number of amides is 1. The number of halogens is 1. The van der Waals surface area contributed by atoms with Gasteiger partial charge in [0.1, 0.15) is 0 Å². The van der Waals surface area contributed by atoms with Crippen molar-refractivity contribution in [2.45, 2.75) is 44.6 Å². The van der Waals surface area contributed by atoms with E-state index in [1.54, 1.807) is 18.2 Å². The lowest BCUT2D eigenvalue weighted by Gasteiger charge is -2.32. The standard InChI is InChI=1S/C15H20ClNO2/c1-11-9-12(16)5-6-13(11)14(18)17-10-15(19)7-3-2-4-8-15/h5-6,9,19H,2-4,7-8,10H2,1H3,(H,17,18). The van der Waals surface area contributed by atoms with Gasteiger partial charge >= 0.3 is 0 Å². The average Bonchev–Trinajstić information content (AvgIpc) is 2.37. The highest BCUT2D eigenvalue weighted by molar-refractivity contribution is 6.30. The van der Waals surface area contributed by atoms with Gasteiger partial charge in [-0.25, -0.2) is 0 Å². The number of aliphatic hydroxyl groups is 1. The molecule has 1 aromatic carbocycles. The molecule has 0 heterocycles. The smallest absolute Gasteiger partial charge is 0.251 e. The van der Waals surface area contributed by atoms with Crippen LogP contribution in [0.3, 0.4) is 0 Å². The van der Waals surface area contributed by atoms with Crippen LogP contribution in [0.4, 0.5) is 0 Å². The Balaban J connectivity index is 1.97. The largest absolute Gasteiger partial charge is 0.388 e. The van der Waals surface area contributed by atoms with Crippen molar-refractivity contribution in [1.29, 1.82) is 0 Å². The van der Waals surface area contributed by atoms with Crippen LogP contribution in [0.5, 0.6) is 0 Å². The molecule has 3 nitrogen and oxygen atoms in total. The van der Waals surface area contributed by atoms with E-state index in [9.17, 15) is 9.90 Å². The molecular formula is C15H20ClNO2. The summed E-state index contributed by atoms with van der Waals surface area (Å²) < 4.78 is 0. The van der Waals surface area contributed by atoms with Crippen molar-refractivity contribution in [2.75, 3.05) is 6.54 Å². The van der Waals surface area contributed by atoms with Crippen LogP contribution in [0.1, 0.15) is 48.0 Å². The number of carbonyl (C=O) groups excluding carboxylic acids is 1. The topological polar surface area (TPSA) is 49.3 Å². The number of carbonyl (C=O) groups is 1. The van der Waals surface area contributed by atoms with Crippen molar-refractivity contribution >= 4 is 17.5 Å². The fourth-order valence-corrected chi connectivity index (χ4v) is 2.84. The van der Waals surface area contributed by atoms with Crippen molar-refractivity contribution in [3.8, 4) is 0 Å². The molecule has 0 aliphatic heterocycles. The van der Waals surface area contributed by atoms with Gasteiger partial charge in [-0.15, -0.1) is 0 Å². The van der Waals surface area contributed by atoms with E-state index in [0.29, 0.717) is 17.1 Å². The Kier molecular flexibility index (Phi) is 4.48. The SMILES string of the molecule is Cc1cc(Cl)ccc1C(=O)NCC1(O)CCCCC1. The number of aryl methyl sites for hydroxylation is 1. The van der Waals surface area contributed by atoms with Crippen molar-refractivity contribution in [2.24, 2.45) is 0 Å². The quantitative estimate of drug-likeness (QED) is 0.894. The highest BCUT2D eigenvalue weighted by Gasteiger charge is 2.29. The number of hydrogen-bond donors (Lipinski definition) is 2. The molecule has 19 heavy (non-hydrogen) atoms. The van der Waals surface area contributed by atoms with Crippen LogP contribution in [0.15, 0.2) is 18.2 Å². The summed E-state index contributed by atoms with van der Waals surface area (Å²) in [6.45, 7) is 2.18. The van der Waals surface area contributed by atoms with Gasteiger partial charge in [-0.1, -0.05) is 30.9 Å². The zero-order valence-electron chi connectivity index (χ0n) is 11.2.